The average molecular weight is 305 g/mol. The number of anilines is 1. The molecule has 3 N–H and O–H groups in total. The van der Waals surface area contributed by atoms with Gasteiger partial charge in [0, 0.05) is 5.38 Å². The topological polar surface area (TPSA) is 55.1 Å². The monoisotopic (exact) mass is 304 g/mol. The number of nitrogens with one attached hydrogen (secondary N) is 1. The fourth-order valence-corrected chi connectivity index (χ4v) is 2.51. The maximum Gasteiger partial charge on any atom is 0.256 e. The molecule has 2 rings (SSSR count). The van der Waals surface area contributed by atoms with Gasteiger partial charge in [-0.2, -0.15) is 0 Å². The Kier molecular flexibility index (Phi) is 4.80. The van der Waals surface area contributed by atoms with Gasteiger partial charge in [0.25, 0.3) is 5.91 Å². The second kappa shape index (κ2) is 6.58. The highest BCUT2D eigenvalue weighted by Crippen LogP contribution is 2.24. The van der Waals surface area contributed by atoms with Gasteiger partial charge in [-0.25, -0.2) is 0 Å². The second-order valence-corrected chi connectivity index (χ2v) is 5.46. The standard InChI is InChI=1S/C15H13ClN2OS/c1-10-4-5-13(16)14(7-10)18-15(19)11-8-12(20-9-11)3-2-6-17/h4-5,7-9H,6,17H2,1H3,(H,18,19). The summed E-state index contributed by atoms with van der Waals surface area (Å²) in [5, 5.41) is 5.08. The number of carbonyl (C=O) groups excluding carboxylic acids is 1. The number of carbonyl (C=O) groups is 1. The molecule has 1 aromatic heterocycles. The number of benzene rings is 1. The van der Waals surface area contributed by atoms with Gasteiger partial charge in [0.1, 0.15) is 0 Å². The van der Waals surface area contributed by atoms with Crippen LogP contribution in [0.2, 0.25) is 5.02 Å². The molecule has 2 aromatic rings. The fraction of sp³-hybridized carbons (Fsp3) is 0.133. The number of nitrogens with two attached hydrogens (primary N) is 1. The van der Waals surface area contributed by atoms with Gasteiger partial charge in [-0.05, 0) is 30.7 Å². The van der Waals surface area contributed by atoms with E-state index in [1.165, 1.54) is 11.3 Å². The summed E-state index contributed by atoms with van der Waals surface area (Å²) in [7, 11) is 0. The largest absolute Gasteiger partial charge is 0.321 e. The molecule has 1 aromatic carbocycles. The SMILES string of the molecule is Cc1ccc(Cl)c(NC(=O)c2csc(C#CCN)c2)c1. The van der Waals surface area contributed by atoms with Crippen molar-refractivity contribution >= 4 is 34.5 Å². The Morgan fingerprint density at radius 3 is 3.00 bits per heavy atom. The van der Waals surface area contributed by atoms with E-state index in [-0.39, 0.29) is 5.91 Å². The van der Waals surface area contributed by atoms with Gasteiger partial charge in [-0.3, -0.25) is 4.79 Å². The Hall–Kier alpha value is -1.80. The van der Waals surface area contributed by atoms with Gasteiger partial charge in [0.2, 0.25) is 0 Å². The Bertz CT molecular complexity index is 697. The van der Waals surface area contributed by atoms with E-state index in [1.807, 2.05) is 19.1 Å². The minimum Gasteiger partial charge on any atom is -0.321 e. The molecule has 0 radical (unpaired) electrons. The molecular formula is C15H13ClN2OS. The first-order chi connectivity index (χ1) is 9.60. The smallest absolute Gasteiger partial charge is 0.256 e. The lowest BCUT2D eigenvalue weighted by atomic mass is 10.2. The lowest BCUT2D eigenvalue weighted by Gasteiger charge is -2.06. The molecular weight excluding hydrogens is 292 g/mol. The lowest BCUT2D eigenvalue weighted by Crippen LogP contribution is -2.11. The van der Waals surface area contributed by atoms with Crippen LogP contribution in [-0.4, -0.2) is 12.5 Å². The number of aryl methyl sites for hydroxylation is 1. The third-order valence-corrected chi connectivity index (χ3v) is 3.72. The van der Waals surface area contributed by atoms with E-state index in [0.29, 0.717) is 22.8 Å². The Morgan fingerprint density at radius 1 is 1.45 bits per heavy atom. The Labute approximate surface area is 126 Å². The molecule has 0 aliphatic heterocycles. The van der Waals surface area contributed by atoms with Crippen LogP contribution in [0.5, 0.6) is 0 Å². The van der Waals surface area contributed by atoms with E-state index in [4.69, 9.17) is 17.3 Å². The van der Waals surface area contributed by atoms with Crippen molar-refractivity contribution in [3.63, 3.8) is 0 Å². The quantitative estimate of drug-likeness (QED) is 0.837. The van der Waals surface area contributed by atoms with Crippen LogP contribution in [0, 0.1) is 18.8 Å². The minimum absolute atomic E-state index is 0.199. The van der Waals surface area contributed by atoms with Crippen molar-refractivity contribution in [3.05, 3.63) is 50.7 Å². The van der Waals surface area contributed by atoms with Crippen LogP contribution >= 0.6 is 22.9 Å². The zero-order valence-corrected chi connectivity index (χ0v) is 12.4. The highest BCUT2D eigenvalue weighted by atomic mass is 35.5. The van der Waals surface area contributed by atoms with E-state index in [0.717, 1.165) is 10.4 Å². The van der Waals surface area contributed by atoms with Crippen LogP contribution in [-0.2, 0) is 0 Å². The summed E-state index contributed by atoms with van der Waals surface area (Å²) in [4.78, 5) is 12.9. The molecule has 0 aliphatic rings. The molecule has 20 heavy (non-hydrogen) atoms. The maximum atomic E-state index is 12.1. The minimum atomic E-state index is -0.199. The zero-order chi connectivity index (χ0) is 14.5. The van der Waals surface area contributed by atoms with Crippen molar-refractivity contribution in [2.75, 3.05) is 11.9 Å². The molecule has 0 bridgehead atoms. The molecule has 5 heteroatoms. The van der Waals surface area contributed by atoms with Crippen LogP contribution in [0.25, 0.3) is 0 Å². The predicted molar refractivity (Wildman–Crippen MR) is 84.4 cm³/mol. The van der Waals surface area contributed by atoms with Crippen molar-refractivity contribution in [1.82, 2.24) is 0 Å². The van der Waals surface area contributed by atoms with E-state index >= 15 is 0 Å². The molecule has 0 fully saturated rings. The van der Waals surface area contributed by atoms with Crippen molar-refractivity contribution < 1.29 is 4.79 Å². The third-order valence-electron chi connectivity index (χ3n) is 2.55. The highest BCUT2D eigenvalue weighted by Gasteiger charge is 2.10. The molecule has 0 saturated carbocycles. The molecule has 0 unspecified atom stereocenters. The fourth-order valence-electron chi connectivity index (χ4n) is 1.59. The molecule has 0 spiro atoms. The van der Waals surface area contributed by atoms with Gasteiger partial charge in [0.05, 0.1) is 27.7 Å². The van der Waals surface area contributed by atoms with Crippen LogP contribution < -0.4 is 11.1 Å². The van der Waals surface area contributed by atoms with E-state index < -0.39 is 0 Å². The number of hydrogen-bond acceptors (Lipinski definition) is 3. The van der Waals surface area contributed by atoms with Crippen LogP contribution in [0.1, 0.15) is 20.8 Å². The van der Waals surface area contributed by atoms with Crippen molar-refractivity contribution in [3.8, 4) is 11.8 Å². The van der Waals surface area contributed by atoms with E-state index in [9.17, 15) is 4.79 Å². The summed E-state index contributed by atoms with van der Waals surface area (Å²) in [6.07, 6.45) is 0. The Balaban J connectivity index is 2.15. The maximum absolute atomic E-state index is 12.1. The molecule has 1 amide bonds. The van der Waals surface area contributed by atoms with Crippen LogP contribution in [0.15, 0.2) is 29.6 Å². The predicted octanol–water partition coefficient (Wildman–Crippen LogP) is 3.27. The van der Waals surface area contributed by atoms with Crippen molar-refractivity contribution in [2.45, 2.75) is 6.92 Å². The third kappa shape index (κ3) is 3.61. The van der Waals surface area contributed by atoms with Crippen molar-refractivity contribution in [2.24, 2.45) is 5.73 Å². The first kappa shape index (κ1) is 14.6. The summed E-state index contributed by atoms with van der Waals surface area (Å²) >= 11 is 7.47. The second-order valence-electron chi connectivity index (χ2n) is 4.14. The average Bonchev–Trinajstić information content (AvgIpc) is 2.89. The number of halogens is 1. The van der Waals surface area contributed by atoms with Gasteiger partial charge < -0.3 is 11.1 Å². The van der Waals surface area contributed by atoms with Gasteiger partial charge >= 0.3 is 0 Å². The molecule has 0 aliphatic carbocycles. The zero-order valence-electron chi connectivity index (χ0n) is 10.9. The summed E-state index contributed by atoms with van der Waals surface area (Å²) in [5.74, 6) is 5.46. The molecule has 0 atom stereocenters. The summed E-state index contributed by atoms with van der Waals surface area (Å²) < 4.78 is 0. The Morgan fingerprint density at radius 2 is 2.25 bits per heavy atom. The molecule has 0 saturated heterocycles. The van der Waals surface area contributed by atoms with Gasteiger partial charge in [0.15, 0.2) is 0 Å². The highest BCUT2D eigenvalue weighted by molar-refractivity contribution is 7.10. The summed E-state index contributed by atoms with van der Waals surface area (Å²) in [6, 6.07) is 7.23. The lowest BCUT2D eigenvalue weighted by molar-refractivity contribution is 0.102. The number of hydrogen-bond donors (Lipinski definition) is 2. The number of thiophene rings is 1. The molecule has 3 nitrogen and oxygen atoms in total. The summed E-state index contributed by atoms with van der Waals surface area (Å²) in [5.41, 5.74) is 7.52. The summed E-state index contributed by atoms with van der Waals surface area (Å²) in [6.45, 7) is 2.25. The van der Waals surface area contributed by atoms with Gasteiger partial charge in [-0.15, -0.1) is 11.3 Å². The van der Waals surface area contributed by atoms with Crippen LogP contribution in [0.4, 0.5) is 5.69 Å². The first-order valence-corrected chi connectivity index (χ1v) is 7.21. The molecule has 1 heterocycles. The normalized spacial score (nSPS) is 9.75. The number of rotatable bonds is 2. The van der Waals surface area contributed by atoms with Gasteiger partial charge in [-0.1, -0.05) is 29.5 Å². The molecule has 102 valence electrons. The number of amides is 1. The van der Waals surface area contributed by atoms with Crippen LogP contribution in [0.3, 0.4) is 0 Å². The first-order valence-electron chi connectivity index (χ1n) is 5.95. The van der Waals surface area contributed by atoms with E-state index in [1.54, 1.807) is 17.5 Å². The van der Waals surface area contributed by atoms with E-state index in [2.05, 4.69) is 17.2 Å². The van der Waals surface area contributed by atoms with Crippen molar-refractivity contribution in [1.29, 1.82) is 0 Å².